The van der Waals surface area contributed by atoms with Crippen LogP contribution in [0.4, 0.5) is 11.4 Å². The largest absolute Gasteiger partial charge is 0.382 e. The molecule has 0 aliphatic carbocycles. The van der Waals surface area contributed by atoms with Crippen LogP contribution in [0.15, 0.2) is 54.6 Å². The third kappa shape index (κ3) is 4.59. The number of nitro benzene ring substituents is 1. The van der Waals surface area contributed by atoms with Crippen LogP contribution in [0.5, 0.6) is 0 Å². The molecule has 0 bridgehead atoms. The highest BCUT2D eigenvalue weighted by Crippen LogP contribution is 2.22. The number of hydrogen-bond acceptors (Lipinski definition) is 5. The van der Waals surface area contributed by atoms with E-state index in [2.05, 4.69) is 5.32 Å². The molecule has 0 atom stereocenters. The number of benzene rings is 2. The summed E-state index contributed by atoms with van der Waals surface area (Å²) in [4.78, 5) is 10.3. The van der Waals surface area contributed by atoms with Gasteiger partial charge in [-0.3, -0.25) is 10.1 Å². The van der Waals surface area contributed by atoms with Crippen LogP contribution >= 0.6 is 0 Å². The van der Waals surface area contributed by atoms with Crippen molar-refractivity contribution in [2.75, 3.05) is 18.4 Å². The zero-order chi connectivity index (χ0) is 18.6. The predicted molar refractivity (Wildman–Crippen MR) is 100 cm³/mol. The molecular formula is C18H21N3O4S. The summed E-state index contributed by atoms with van der Waals surface area (Å²) in [6.45, 7) is 0.944. The molecule has 0 aromatic heterocycles. The Morgan fingerprint density at radius 3 is 2.23 bits per heavy atom. The lowest BCUT2D eigenvalue weighted by Gasteiger charge is -2.32. The van der Waals surface area contributed by atoms with Gasteiger partial charge in [-0.15, -0.1) is 0 Å². The molecule has 7 nitrogen and oxygen atoms in total. The highest BCUT2D eigenvalue weighted by Gasteiger charge is 2.28. The number of rotatable bonds is 6. The van der Waals surface area contributed by atoms with Gasteiger partial charge < -0.3 is 5.32 Å². The van der Waals surface area contributed by atoms with Crippen molar-refractivity contribution in [2.45, 2.75) is 24.6 Å². The summed E-state index contributed by atoms with van der Waals surface area (Å²) >= 11 is 0. The van der Waals surface area contributed by atoms with Crippen molar-refractivity contribution in [3.63, 3.8) is 0 Å². The summed E-state index contributed by atoms with van der Waals surface area (Å²) in [5.74, 6) is 0.0221. The van der Waals surface area contributed by atoms with E-state index in [0.29, 0.717) is 25.9 Å². The maximum Gasteiger partial charge on any atom is 0.269 e. The van der Waals surface area contributed by atoms with Gasteiger partial charge in [-0.05, 0) is 30.5 Å². The highest BCUT2D eigenvalue weighted by molar-refractivity contribution is 7.88. The van der Waals surface area contributed by atoms with Gasteiger partial charge in [0.25, 0.3) is 5.69 Å². The average Bonchev–Trinajstić information content (AvgIpc) is 2.63. The zero-order valence-corrected chi connectivity index (χ0v) is 15.1. The Labute approximate surface area is 152 Å². The quantitative estimate of drug-likeness (QED) is 0.619. The van der Waals surface area contributed by atoms with Crippen LogP contribution in [0.2, 0.25) is 0 Å². The second kappa shape index (κ2) is 7.84. The number of sulfonamides is 1. The fourth-order valence-electron chi connectivity index (χ4n) is 3.07. The van der Waals surface area contributed by atoms with Crippen molar-refractivity contribution in [3.8, 4) is 0 Å². The van der Waals surface area contributed by atoms with Gasteiger partial charge >= 0.3 is 0 Å². The van der Waals surface area contributed by atoms with E-state index in [9.17, 15) is 18.5 Å². The molecule has 1 aliphatic rings. The molecule has 0 radical (unpaired) electrons. The van der Waals surface area contributed by atoms with Crippen molar-refractivity contribution in [1.82, 2.24) is 4.31 Å². The number of non-ortho nitro benzene ring substituents is 1. The van der Waals surface area contributed by atoms with Crippen LogP contribution in [0.3, 0.4) is 0 Å². The Morgan fingerprint density at radius 1 is 1.04 bits per heavy atom. The van der Waals surface area contributed by atoms with Crippen molar-refractivity contribution in [3.05, 3.63) is 70.3 Å². The Balaban J connectivity index is 1.54. The molecule has 138 valence electrons. The predicted octanol–water partition coefficient (Wildman–Crippen LogP) is 3.00. The first-order valence-corrected chi connectivity index (χ1v) is 10.1. The average molecular weight is 375 g/mol. The third-order valence-electron chi connectivity index (χ3n) is 4.49. The van der Waals surface area contributed by atoms with Crippen molar-refractivity contribution in [2.24, 2.45) is 0 Å². The van der Waals surface area contributed by atoms with Crippen LogP contribution in [-0.4, -0.2) is 36.8 Å². The van der Waals surface area contributed by atoms with E-state index < -0.39 is 14.9 Å². The van der Waals surface area contributed by atoms with Gasteiger partial charge in [0.05, 0.1) is 10.7 Å². The number of anilines is 1. The van der Waals surface area contributed by atoms with Gasteiger partial charge in [0.2, 0.25) is 10.0 Å². The summed E-state index contributed by atoms with van der Waals surface area (Å²) in [7, 11) is -3.32. The fourth-order valence-corrected chi connectivity index (χ4v) is 4.63. The standard InChI is InChI=1S/C18H21N3O4S/c22-21(23)18-8-6-16(7-9-18)19-17-10-12-20(13-11-17)26(24,25)14-15-4-2-1-3-5-15/h1-9,17,19H,10-14H2. The van der Waals surface area contributed by atoms with Crippen LogP contribution < -0.4 is 5.32 Å². The molecule has 2 aromatic rings. The molecule has 0 saturated carbocycles. The van der Waals surface area contributed by atoms with E-state index in [1.807, 2.05) is 30.3 Å². The lowest BCUT2D eigenvalue weighted by atomic mass is 10.1. The number of nitro groups is 1. The van der Waals surface area contributed by atoms with Crippen molar-refractivity contribution < 1.29 is 13.3 Å². The topological polar surface area (TPSA) is 92.6 Å². The monoisotopic (exact) mass is 375 g/mol. The van der Waals surface area contributed by atoms with E-state index in [4.69, 9.17) is 0 Å². The number of piperidine rings is 1. The van der Waals surface area contributed by atoms with Gasteiger partial charge in [-0.1, -0.05) is 30.3 Å². The lowest BCUT2D eigenvalue weighted by molar-refractivity contribution is -0.384. The molecule has 1 saturated heterocycles. The van der Waals surface area contributed by atoms with Crippen molar-refractivity contribution >= 4 is 21.4 Å². The van der Waals surface area contributed by atoms with Gasteiger partial charge in [0.15, 0.2) is 0 Å². The number of hydrogen-bond donors (Lipinski definition) is 1. The fraction of sp³-hybridized carbons (Fsp3) is 0.333. The molecule has 0 unspecified atom stereocenters. The Hall–Kier alpha value is -2.45. The first kappa shape index (κ1) is 18.3. The minimum absolute atomic E-state index is 0.0221. The molecule has 3 rings (SSSR count). The summed E-state index contributed by atoms with van der Waals surface area (Å²) in [5.41, 5.74) is 1.65. The molecule has 2 aromatic carbocycles. The maximum atomic E-state index is 12.6. The summed E-state index contributed by atoms with van der Waals surface area (Å²) in [6.07, 6.45) is 1.40. The van der Waals surface area contributed by atoms with E-state index in [1.54, 1.807) is 16.4 Å². The molecule has 1 aliphatic heterocycles. The molecule has 1 fully saturated rings. The molecule has 1 N–H and O–H groups in total. The van der Waals surface area contributed by atoms with Gasteiger partial charge in [0, 0.05) is 37.0 Å². The van der Waals surface area contributed by atoms with Gasteiger partial charge in [0.1, 0.15) is 0 Å². The highest BCUT2D eigenvalue weighted by atomic mass is 32.2. The van der Waals surface area contributed by atoms with Crippen LogP contribution in [0.1, 0.15) is 18.4 Å². The van der Waals surface area contributed by atoms with E-state index in [0.717, 1.165) is 11.3 Å². The van der Waals surface area contributed by atoms with Crippen LogP contribution in [-0.2, 0) is 15.8 Å². The zero-order valence-electron chi connectivity index (χ0n) is 14.2. The normalized spacial score (nSPS) is 16.3. The number of nitrogens with zero attached hydrogens (tertiary/aromatic N) is 2. The van der Waals surface area contributed by atoms with E-state index in [1.165, 1.54) is 12.1 Å². The minimum atomic E-state index is -3.32. The minimum Gasteiger partial charge on any atom is -0.382 e. The van der Waals surface area contributed by atoms with Crippen LogP contribution in [0, 0.1) is 10.1 Å². The van der Waals surface area contributed by atoms with Crippen LogP contribution in [0.25, 0.3) is 0 Å². The lowest BCUT2D eigenvalue weighted by Crippen LogP contribution is -2.42. The number of nitrogens with one attached hydrogen (secondary N) is 1. The van der Waals surface area contributed by atoms with Crippen molar-refractivity contribution in [1.29, 1.82) is 0 Å². The summed E-state index contributed by atoms with van der Waals surface area (Å²) < 4.78 is 26.7. The second-order valence-electron chi connectivity index (χ2n) is 6.36. The SMILES string of the molecule is O=[N+]([O-])c1ccc(NC2CCN(S(=O)(=O)Cc3ccccc3)CC2)cc1. The first-order chi connectivity index (χ1) is 12.4. The Morgan fingerprint density at radius 2 is 1.65 bits per heavy atom. The summed E-state index contributed by atoms with van der Waals surface area (Å²) in [5, 5.41) is 14.0. The Kier molecular flexibility index (Phi) is 5.53. The van der Waals surface area contributed by atoms with E-state index in [-0.39, 0.29) is 17.5 Å². The first-order valence-electron chi connectivity index (χ1n) is 8.47. The molecule has 1 heterocycles. The molecular weight excluding hydrogens is 354 g/mol. The van der Waals surface area contributed by atoms with Gasteiger partial charge in [-0.2, -0.15) is 0 Å². The van der Waals surface area contributed by atoms with Gasteiger partial charge in [-0.25, -0.2) is 12.7 Å². The molecule has 0 amide bonds. The smallest absolute Gasteiger partial charge is 0.269 e. The summed E-state index contributed by atoms with van der Waals surface area (Å²) in [6, 6.07) is 15.6. The van der Waals surface area contributed by atoms with E-state index >= 15 is 0 Å². The second-order valence-corrected chi connectivity index (χ2v) is 8.33. The molecule has 0 spiro atoms. The Bertz CT molecular complexity index is 846. The third-order valence-corrected chi connectivity index (χ3v) is 6.34. The maximum absolute atomic E-state index is 12.6. The molecule has 26 heavy (non-hydrogen) atoms. The molecule has 8 heteroatoms.